The minimum atomic E-state index is 0.570. The molecule has 1 N–H and O–H groups in total. The topological polar surface area (TPSA) is 41.6 Å². The van der Waals surface area contributed by atoms with Crippen molar-refractivity contribution in [2.45, 2.75) is 45.4 Å². The monoisotopic (exact) mass is 217 g/mol. The van der Waals surface area contributed by atoms with Gasteiger partial charge in [0.1, 0.15) is 11.0 Å². The standard InChI is InChI=1S/C13H19N3/c1-3-4-5-7-10(2)11-8-6-9-12-13(11)15-16-14-12/h6,8-10H,3-5,7H2,1-2H3,(H,14,15,16). The molecule has 1 aromatic carbocycles. The SMILES string of the molecule is CCCCCC(C)c1cccc2n[nH]nc12. The first-order valence-electron chi connectivity index (χ1n) is 6.12. The van der Waals surface area contributed by atoms with Gasteiger partial charge < -0.3 is 0 Å². The van der Waals surface area contributed by atoms with Gasteiger partial charge in [0.15, 0.2) is 0 Å². The van der Waals surface area contributed by atoms with Crippen LogP contribution in [0.15, 0.2) is 18.2 Å². The van der Waals surface area contributed by atoms with Gasteiger partial charge >= 0.3 is 0 Å². The Hall–Kier alpha value is -1.38. The van der Waals surface area contributed by atoms with Gasteiger partial charge in [-0.15, -0.1) is 0 Å². The highest BCUT2D eigenvalue weighted by Crippen LogP contribution is 2.26. The molecule has 0 fully saturated rings. The molecule has 2 rings (SSSR count). The fraction of sp³-hybridized carbons (Fsp3) is 0.538. The van der Waals surface area contributed by atoms with E-state index in [4.69, 9.17) is 0 Å². The number of aromatic nitrogens is 3. The molecule has 0 saturated carbocycles. The van der Waals surface area contributed by atoms with Gasteiger partial charge in [-0.05, 0) is 24.0 Å². The van der Waals surface area contributed by atoms with Crippen molar-refractivity contribution in [3.63, 3.8) is 0 Å². The molecule has 3 heteroatoms. The Morgan fingerprint density at radius 2 is 2.12 bits per heavy atom. The summed E-state index contributed by atoms with van der Waals surface area (Å²) in [5.74, 6) is 0.570. The van der Waals surface area contributed by atoms with Crippen LogP contribution in [0.5, 0.6) is 0 Å². The molecule has 0 saturated heterocycles. The third-order valence-electron chi connectivity index (χ3n) is 3.15. The van der Waals surface area contributed by atoms with Crippen molar-refractivity contribution in [2.75, 3.05) is 0 Å². The molecule has 1 atom stereocenters. The predicted octanol–water partition coefficient (Wildman–Crippen LogP) is 3.64. The molecule has 1 heterocycles. The number of unbranched alkanes of at least 4 members (excludes halogenated alkanes) is 2. The first-order chi connectivity index (χ1) is 7.83. The van der Waals surface area contributed by atoms with Gasteiger partial charge in [0.05, 0.1) is 0 Å². The summed E-state index contributed by atoms with van der Waals surface area (Å²) in [7, 11) is 0. The highest BCUT2D eigenvalue weighted by molar-refractivity contribution is 5.77. The Bertz CT molecular complexity index is 447. The van der Waals surface area contributed by atoms with E-state index in [2.05, 4.69) is 41.4 Å². The van der Waals surface area contributed by atoms with Gasteiger partial charge in [0.25, 0.3) is 0 Å². The van der Waals surface area contributed by atoms with Crippen LogP contribution >= 0.6 is 0 Å². The number of nitrogens with zero attached hydrogens (tertiary/aromatic N) is 2. The highest BCUT2D eigenvalue weighted by Gasteiger charge is 2.11. The second-order valence-corrected chi connectivity index (χ2v) is 4.44. The maximum Gasteiger partial charge on any atom is 0.116 e. The Morgan fingerprint density at radius 1 is 1.25 bits per heavy atom. The molecule has 16 heavy (non-hydrogen) atoms. The normalized spacial score (nSPS) is 13.1. The van der Waals surface area contributed by atoms with Crippen LogP contribution in [0.4, 0.5) is 0 Å². The number of benzene rings is 1. The van der Waals surface area contributed by atoms with Crippen molar-refractivity contribution in [1.29, 1.82) is 0 Å². The smallest absolute Gasteiger partial charge is 0.116 e. The van der Waals surface area contributed by atoms with Crippen molar-refractivity contribution in [1.82, 2.24) is 15.4 Å². The molecular weight excluding hydrogens is 198 g/mol. The minimum Gasteiger partial charge on any atom is -0.197 e. The van der Waals surface area contributed by atoms with E-state index in [0.29, 0.717) is 5.92 Å². The Labute approximate surface area is 96.3 Å². The van der Waals surface area contributed by atoms with Crippen molar-refractivity contribution in [2.24, 2.45) is 0 Å². The van der Waals surface area contributed by atoms with Gasteiger partial charge in [0, 0.05) is 0 Å². The van der Waals surface area contributed by atoms with E-state index in [-0.39, 0.29) is 0 Å². The minimum absolute atomic E-state index is 0.570. The molecule has 0 spiro atoms. The summed E-state index contributed by atoms with van der Waals surface area (Å²) < 4.78 is 0. The van der Waals surface area contributed by atoms with Crippen LogP contribution in [0.2, 0.25) is 0 Å². The summed E-state index contributed by atoms with van der Waals surface area (Å²) in [5.41, 5.74) is 3.33. The second-order valence-electron chi connectivity index (χ2n) is 4.44. The van der Waals surface area contributed by atoms with Gasteiger partial charge in [-0.25, -0.2) is 0 Å². The molecule has 1 aromatic heterocycles. The Balaban J connectivity index is 2.15. The number of H-pyrrole nitrogens is 1. The van der Waals surface area contributed by atoms with E-state index in [9.17, 15) is 0 Å². The maximum absolute atomic E-state index is 4.23. The summed E-state index contributed by atoms with van der Waals surface area (Å²) in [5, 5.41) is 11.1. The summed E-state index contributed by atoms with van der Waals surface area (Å²) in [4.78, 5) is 0. The lowest BCUT2D eigenvalue weighted by Gasteiger charge is -2.11. The van der Waals surface area contributed by atoms with Crippen LogP contribution in [0.25, 0.3) is 11.0 Å². The molecule has 0 bridgehead atoms. The fourth-order valence-corrected chi connectivity index (χ4v) is 2.14. The van der Waals surface area contributed by atoms with E-state index in [1.165, 1.54) is 31.2 Å². The number of rotatable bonds is 5. The van der Waals surface area contributed by atoms with Crippen LogP contribution in [0.1, 0.15) is 51.0 Å². The number of hydrogen-bond donors (Lipinski definition) is 1. The quantitative estimate of drug-likeness (QED) is 0.777. The number of fused-ring (bicyclic) bond motifs is 1. The Kier molecular flexibility index (Phi) is 3.54. The average molecular weight is 217 g/mol. The zero-order valence-electron chi connectivity index (χ0n) is 10.0. The zero-order valence-corrected chi connectivity index (χ0v) is 10.0. The molecule has 0 aliphatic heterocycles. The molecule has 0 radical (unpaired) electrons. The lowest BCUT2D eigenvalue weighted by molar-refractivity contribution is 0.600. The van der Waals surface area contributed by atoms with Gasteiger partial charge in [-0.2, -0.15) is 15.4 Å². The van der Waals surface area contributed by atoms with Crippen molar-refractivity contribution in [3.05, 3.63) is 23.8 Å². The largest absolute Gasteiger partial charge is 0.197 e. The number of hydrogen-bond acceptors (Lipinski definition) is 2. The molecule has 86 valence electrons. The number of nitrogens with one attached hydrogen (secondary N) is 1. The molecule has 2 aromatic rings. The van der Waals surface area contributed by atoms with Crippen LogP contribution in [0.3, 0.4) is 0 Å². The fourth-order valence-electron chi connectivity index (χ4n) is 2.14. The maximum atomic E-state index is 4.23. The van der Waals surface area contributed by atoms with E-state index < -0.39 is 0 Å². The Morgan fingerprint density at radius 3 is 2.94 bits per heavy atom. The number of para-hydroxylation sites is 1. The molecule has 0 amide bonds. The predicted molar refractivity (Wildman–Crippen MR) is 66.4 cm³/mol. The van der Waals surface area contributed by atoms with E-state index in [0.717, 1.165) is 11.0 Å². The van der Waals surface area contributed by atoms with E-state index in [1.807, 2.05) is 6.07 Å². The van der Waals surface area contributed by atoms with E-state index in [1.54, 1.807) is 0 Å². The van der Waals surface area contributed by atoms with Crippen molar-refractivity contribution < 1.29 is 0 Å². The van der Waals surface area contributed by atoms with Crippen LogP contribution in [-0.4, -0.2) is 15.4 Å². The lowest BCUT2D eigenvalue weighted by Crippen LogP contribution is -1.95. The van der Waals surface area contributed by atoms with Crippen molar-refractivity contribution in [3.8, 4) is 0 Å². The zero-order chi connectivity index (χ0) is 11.4. The van der Waals surface area contributed by atoms with Crippen LogP contribution in [-0.2, 0) is 0 Å². The van der Waals surface area contributed by atoms with Crippen LogP contribution < -0.4 is 0 Å². The lowest BCUT2D eigenvalue weighted by atomic mass is 9.94. The summed E-state index contributed by atoms with van der Waals surface area (Å²) in [6.45, 7) is 4.52. The second kappa shape index (κ2) is 5.10. The number of aromatic amines is 1. The van der Waals surface area contributed by atoms with Gasteiger partial charge in [0.2, 0.25) is 0 Å². The summed E-state index contributed by atoms with van der Waals surface area (Å²) >= 11 is 0. The third kappa shape index (κ3) is 2.23. The van der Waals surface area contributed by atoms with E-state index >= 15 is 0 Å². The highest BCUT2D eigenvalue weighted by atomic mass is 15.3. The van der Waals surface area contributed by atoms with Crippen LogP contribution in [0, 0.1) is 0 Å². The summed E-state index contributed by atoms with van der Waals surface area (Å²) in [6, 6.07) is 6.24. The molecule has 0 aliphatic rings. The van der Waals surface area contributed by atoms with Gasteiger partial charge in [-0.1, -0.05) is 45.2 Å². The van der Waals surface area contributed by atoms with Gasteiger partial charge in [-0.3, -0.25) is 0 Å². The molecule has 3 nitrogen and oxygen atoms in total. The third-order valence-corrected chi connectivity index (χ3v) is 3.15. The van der Waals surface area contributed by atoms with Crippen molar-refractivity contribution >= 4 is 11.0 Å². The molecule has 0 aliphatic carbocycles. The summed E-state index contributed by atoms with van der Waals surface area (Å²) in [6.07, 6.45) is 5.13. The average Bonchev–Trinajstić information content (AvgIpc) is 2.76. The molecular formula is C13H19N3. The first kappa shape index (κ1) is 11.1. The first-order valence-corrected chi connectivity index (χ1v) is 6.12. The molecule has 1 unspecified atom stereocenters.